The highest BCUT2D eigenvalue weighted by atomic mass is 16.5. The van der Waals surface area contributed by atoms with Gasteiger partial charge in [0.05, 0.1) is 6.26 Å². The zero-order valence-corrected chi connectivity index (χ0v) is 10.9. The predicted molar refractivity (Wildman–Crippen MR) is 71.6 cm³/mol. The van der Waals surface area contributed by atoms with E-state index < -0.39 is 0 Å². The molecule has 1 aromatic heterocycles. The van der Waals surface area contributed by atoms with Crippen LogP contribution in [0.25, 0.3) is 0 Å². The van der Waals surface area contributed by atoms with Crippen molar-refractivity contribution in [2.75, 3.05) is 7.05 Å². The van der Waals surface area contributed by atoms with Crippen molar-refractivity contribution in [1.29, 1.82) is 0 Å². The van der Waals surface area contributed by atoms with Crippen LogP contribution in [0, 0.1) is 0 Å². The summed E-state index contributed by atoms with van der Waals surface area (Å²) in [6, 6.07) is 10.1. The maximum atomic E-state index is 5.84. The first-order chi connectivity index (χ1) is 8.85. The van der Waals surface area contributed by atoms with Crippen molar-refractivity contribution in [1.82, 2.24) is 5.32 Å². The topological polar surface area (TPSA) is 34.4 Å². The molecule has 18 heavy (non-hydrogen) atoms. The maximum absolute atomic E-state index is 5.84. The van der Waals surface area contributed by atoms with Gasteiger partial charge >= 0.3 is 0 Å². The summed E-state index contributed by atoms with van der Waals surface area (Å²) >= 11 is 0. The SMILES string of the molecule is CCc1ccccc1OCc1occc1CNC. The fourth-order valence-corrected chi connectivity index (χ4v) is 1.92. The van der Waals surface area contributed by atoms with Crippen LogP contribution in [0.1, 0.15) is 23.8 Å². The summed E-state index contributed by atoms with van der Waals surface area (Å²) in [5, 5.41) is 3.12. The lowest BCUT2D eigenvalue weighted by Gasteiger charge is -2.09. The van der Waals surface area contributed by atoms with Crippen molar-refractivity contribution in [2.24, 2.45) is 0 Å². The number of benzene rings is 1. The lowest BCUT2D eigenvalue weighted by atomic mass is 10.1. The second-order valence-corrected chi connectivity index (χ2v) is 4.15. The molecule has 0 spiro atoms. The molecule has 0 amide bonds. The molecule has 3 nitrogen and oxygen atoms in total. The zero-order valence-electron chi connectivity index (χ0n) is 10.9. The Morgan fingerprint density at radius 2 is 2.00 bits per heavy atom. The van der Waals surface area contributed by atoms with Gasteiger partial charge in [0, 0.05) is 12.1 Å². The molecule has 0 atom stereocenters. The van der Waals surface area contributed by atoms with Crippen molar-refractivity contribution in [3.05, 3.63) is 53.5 Å². The molecule has 1 aromatic carbocycles. The van der Waals surface area contributed by atoms with Crippen LogP contribution >= 0.6 is 0 Å². The number of aryl methyl sites for hydroxylation is 1. The highest BCUT2D eigenvalue weighted by Gasteiger charge is 2.07. The quantitative estimate of drug-likeness (QED) is 0.849. The van der Waals surface area contributed by atoms with Crippen LogP contribution in [0.5, 0.6) is 5.75 Å². The summed E-state index contributed by atoms with van der Waals surface area (Å²) in [7, 11) is 1.92. The summed E-state index contributed by atoms with van der Waals surface area (Å²) in [4.78, 5) is 0. The van der Waals surface area contributed by atoms with E-state index in [0.717, 1.165) is 30.0 Å². The molecule has 0 radical (unpaired) electrons. The Bertz CT molecular complexity index is 491. The minimum Gasteiger partial charge on any atom is -0.485 e. The Balaban J connectivity index is 2.04. The third kappa shape index (κ3) is 2.93. The first-order valence-corrected chi connectivity index (χ1v) is 6.25. The van der Waals surface area contributed by atoms with Gasteiger partial charge in [-0.1, -0.05) is 25.1 Å². The highest BCUT2D eigenvalue weighted by molar-refractivity contribution is 5.33. The number of hydrogen-bond acceptors (Lipinski definition) is 3. The van der Waals surface area contributed by atoms with Crippen molar-refractivity contribution in [3.63, 3.8) is 0 Å². The van der Waals surface area contributed by atoms with Crippen LogP contribution in [0.15, 0.2) is 41.0 Å². The first kappa shape index (κ1) is 12.7. The van der Waals surface area contributed by atoms with Gasteiger partial charge in [0.2, 0.25) is 0 Å². The number of furan rings is 1. The zero-order chi connectivity index (χ0) is 12.8. The lowest BCUT2D eigenvalue weighted by Crippen LogP contribution is -2.07. The van der Waals surface area contributed by atoms with Crippen molar-refractivity contribution in [2.45, 2.75) is 26.5 Å². The molecule has 0 aliphatic carbocycles. The fourth-order valence-electron chi connectivity index (χ4n) is 1.92. The minimum absolute atomic E-state index is 0.473. The Morgan fingerprint density at radius 3 is 2.78 bits per heavy atom. The van der Waals surface area contributed by atoms with E-state index in [4.69, 9.17) is 9.15 Å². The Hall–Kier alpha value is -1.74. The average Bonchev–Trinajstić information content (AvgIpc) is 2.84. The van der Waals surface area contributed by atoms with E-state index >= 15 is 0 Å². The van der Waals surface area contributed by atoms with Gasteiger partial charge in [0.15, 0.2) is 0 Å². The van der Waals surface area contributed by atoms with Crippen LogP contribution in [0.3, 0.4) is 0 Å². The molecule has 0 aliphatic rings. The second-order valence-electron chi connectivity index (χ2n) is 4.15. The largest absolute Gasteiger partial charge is 0.485 e. The Kier molecular flexibility index (Phi) is 4.42. The van der Waals surface area contributed by atoms with Crippen molar-refractivity contribution in [3.8, 4) is 5.75 Å². The summed E-state index contributed by atoms with van der Waals surface area (Å²) in [6.07, 6.45) is 2.68. The first-order valence-electron chi connectivity index (χ1n) is 6.25. The van der Waals surface area contributed by atoms with Crippen LogP contribution in [0.2, 0.25) is 0 Å². The predicted octanol–water partition coefficient (Wildman–Crippen LogP) is 3.14. The van der Waals surface area contributed by atoms with Gasteiger partial charge in [-0.25, -0.2) is 0 Å². The average molecular weight is 245 g/mol. The van der Waals surface area contributed by atoms with E-state index in [1.54, 1.807) is 6.26 Å². The molecule has 1 heterocycles. The van der Waals surface area contributed by atoms with Crippen molar-refractivity contribution < 1.29 is 9.15 Å². The van der Waals surface area contributed by atoms with Gasteiger partial charge in [-0.2, -0.15) is 0 Å². The Morgan fingerprint density at radius 1 is 1.17 bits per heavy atom. The molecule has 1 N–H and O–H groups in total. The van der Waals surface area contributed by atoms with Gasteiger partial charge in [0.25, 0.3) is 0 Å². The van der Waals surface area contributed by atoms with Gasteiger partial charge in [-0.3, -0.25) is 0 Å². The van der Waals surface area contributed by atoms with Crippen LogP contribution in [-0.4, -0.2) is 7.05 Å². The molecule has 0 unspecified atom stereocenters. The molecule has 3 heteroatoms. The number of nitrogens with one attached hydrogen (secondary N) is 1. The third-order valence-electron chi connectivity index (χ3n) is 2.92. The molecule has 2 rings (SSSR count). The van der Waals surface area contributed by atoms with Crippen LogP contribution in [0.4, 0.5) is 0 Å². The summed E-state index contributed by atoms with van der Waals surface area (Å²) in [5.74, 6) is 1.82. The van der Waals surface area contributed by atoms with E-state index in [1.807, 2.05) is 31.3 Å². The van der Waals surface area contributed by atoms with E-state index in [1.165, 1.54) is 5.56 Å². The number of hydrogen-bond donors (Lipinski definition) is 1. The van der Waals surface area contributed by atoms with Crippen LogP contribution < -0.4 is 10.1 Å². The molecule has 2 aromatic rings. The van der Waals surface area contributed by atoms with E-state index in [2.05, 4.69) is 18.3 Å². The van der Waals surface area contributed by atoms with E-state index in [9.17, 15) is 0 Å². The molecular formula is C15H19NO2. The molecule has 0 saturated heterocycles. The van der Waals surface area contributed by atoms with Gasteiger partial charge in [-0.15, -0.1) is 0 Å². The molecule has 0 aliphatic heterocycles. The monoisotopic (exact) mass is 245 g/mol. The number of para-hydroxylation sites is 1. The molecule has 0 bridgehead atoms. The van der Waals surface area contributed by atoms with Crippen LogP contribution in [-0.2, 0) is 19.6 Å². The van der Waals surface area contributed by atoms with Gasteiger partial charge in [0.1, 0.15) is 18.1 Å². The summed E-state index contributed by atoms with van der Waals surface area (Å²) in [5.41, 5.74) is 2.37. The minimum atomic E-state index is 0.473. The molecule has 0 saturated carbocycles. The molecule has 0 fully saturated rings. The summed E-state index contributed by atoms with van der Waals surface area (Å²) < 4.78 is 11.3. The lowest BCUT2D eigenvalue weighted by molar-refractivity contribution is 0.266. The highest BCUT2D eigenvalue weighted by Crippen LogP contribution is 2.21. The second kappa shape index (κ2) is 6.26. The normalized spacial score (nSPS) is 10.6. The Labute approximate surface area is 108 Å². The smallest absolute Gasteiger partial charge is 0.146 e. The van der Waals surface area contributed by atoms with Gasteiger partial charge in [-0.05, 0) is 31.2 Å². The fraction of sp³-hybridized carbons (Fsp3) is 0.333. The number of ether oxygens (including phenoxy) is 1. The third-order valence-corrected chi connectivity index (χ3v) is 2.92. The van der Waals surface area contributed by atoms with Crippen molar-refractivity contribution >= 4 is 0 Å². The number of rotatable bonds is 6. The van der Waals surface area contributed by atoms with Gasteiger partial charge < -0.3 is 14.5 Å². The maximum Gasteiger partial charge on any atom is 0.146 e. The molecular weight excluding hydrogens is 226 g/mol. The van der Waals surface area contributed by atoms with E-state index in [0.29, 0.717) is 6.61 Å². The van der Waals surface area contributed by atoms with E-state index in [-0.39, 0.29) is 0 Å². The summed E-state index contributed by atoms with van der Waals surface area (Å²) in [6.45, 7) is 3.40. The standard InChI is InChI=1S/C15H19NO2/c1-3-12-6-4-5-7-14(12)18-11-15-13(10-16-2)8-9-17-15/h4-9,16H,3,10-11H2,1-2H3. The molecule has 96 valence electrons.